The molecule has 2 heterocycles. The number of aryl methyl sites for hydroxylation is 1. The summed E-state index contributed by atoms with van der Waals surface area (Å²) < 4.78 is 4.74. The molecule has 4 nitrogen and oxygen atoms in total. The summed E-state index contributed by atoms with van der Waals surface area (Å²) in [7, 11) is 1.49. The predicted molar refractivity (Wildman–Crippen MR) is 70.7 cm³/mol. The maximum absolute atomic E-state index is 11.3. The Morgan fingerprint density at radius 3 is 3.00 bits per heavy atom. The fourth-order valence-electron chi connectivity index (χ4n) is 1.30. The van der Waals surface area contributed by atoms with E-state index in [0.29, 0.717) is 5.13 Å². The minimum Gasteiger partial charge on any atom is -0.375 e. The summed E-state index contributed by atoms with van der Waals surface area (Å²) in [6.45, 7) is 2.11. The lowest BCUT2D eigenvalue weighted by molar-refractivity contribution is -0.119. The van der Waals surface area contributed by atoms with Crippen molar-refractivity contribution in [1.82, 2.24) is 4.98 Å². The highest BCUT2D eigenvalue weighted by Crippen LogP contribution is 2.30. The molecule has 2 rings (SSSR count). The van der Waals surface area contributed by atoms with Crippen LogP contribution in [0.4, 0.5) is 5.13 Å². The molecule has 1 N–H and O–H groups in total. The van der Waals surface area contributed by atoms with Gasteiger partial charge in [0.1, 0.15) is 6.61 Å². The van der Waals surface area contributed by atoms with Crippen molar-refractivity contribution >= 4 is 33.7 Å². The van der Waals surface area contributed by atoms with Crippen LogP contribution in [-0.2, 0) is 9.53 Å². The molecule has 0 saturated heterocycles. The van der Waals surface area contributed by atoms with Crippen LogP contribution in [0.25, 0.3) is 10.6 Å². The molecule has 0 radical (unpaired) electrons. The van der Waals surface area contributed by atoms with Gasteiger partial charge in [0.05, 0.1) is 10.6 Å². The van der Waals surface area contributed by atoms with Crippen LogP contribution in [0.15, 0.2) is 17.5 Å². The summed E-state index contributed by atoms with van der Waals surface area (Å²) in [5, 5.41) is 5.23. The molecule has 0 atom stereocenters. The number of nitrogens with zero attached hydrogens (tertiary/aromatic N) is 1. The Morgan fingerprint density at radius 2 is 2.35 bits per heavy atom. The smallest absolute Gasteiger partial charge is 0.252 e. The molecule has 0 aliphatic heterocycles. The number of amides is 1. The molecule has 0 fully saturated rings. The molecule has 17 heavy (non-hydrogen) atoms. The van der Waals surface area contributed by atoms with Gasteiger partial charge in [-0.1, -0.05) is 0 Å². The summed E-state index contributed by atoms with van der Waals surface area (Å²) in [6.07, 6.45) is 0. The number of carbonyl (C=O) groups is 1. The average molecular weight is 268 g/mol. The highest BCUT2D eigenvalue weighted by atomic mass is 32.1. The number of thiazole rings is 1. The van der Waals surface area contributed by atoms with Crippen LogP contribution < -0.4 is 5.32 Å². The summed E-state index contributed by atoms with van der Waals surface area (Å²) in [4.78, 5) is 18.0. The molecular formula is C11H12N2O2S2. The van der Waals surface area contributed by atoms with E-state index in [0.717, 1.165) is 10.6 Å². The van der Waals surface area contributed by atoms with E-state index in [4.69, 9.17) is 4.74 Å². The molecule has 2 aromatic rings. The number of hydrogen-bond acceptors (Lipinski definition) is 5. The van der Waals surface area contributed by atoms with Crippen LogP contribution in [-0.4, -0.2) is 24.6 Å². The Balaban J connectivity index is 2.08. The van der Waals surface area contributed by atoms with Crippen molar-refractivity contribution in [3.8, 4) is 10.6 Å². The Kier molecular flexibility index (Phi) is 3.88. The maximum atomic E-state index is 11.3. The van der Waals surface area contributed by atoms with Crippen molar-refractivity contribution in [3.63, 3.8) is 0 Å². The van der Waals surface area contributed by atoms with Gasteiger partial charge >= 0.3 is 0 Å². The lowest BCUT2D eigenvalue weighted by Crippen LogP contribution is -2.16. The number of anilines is 1. The van der Waals surface area contributed by atoms with Crippen LogP contribution >= 0.6 is 22.7 Å². The van der Waals surface area contributed by atoms with Gasteiger partial charge in [-0.05, 0) is 19.1 Å². The van der Waals surface area contributed by atoms with Crippen molar-refractivity contribution in [2.75, 3.05) is 19.0 Å². The third-order valence-corrected chi connectivity index (χ3v) is 3.80. The van der Waals surface area contributed by atoms with Crippen LogP contribution in [0.2, 0.25) is 0 Å². The quantitative estimate of drug-likeness (QED) is 0.927. The standard InChI is InChI=1S/C11H12N2O2S2/c1-7-3-4-9(17-7)8-6-16-11(12-8)13-10(14)5-15-2/h3-4,6H,5H2,1-2H3,(H,12,13,14). The Bertz CT molecular complexity index is 519. The van der Waals surface area contributed by atoms with Crippen LogP contribution in [0.3, 0.4) is 0 Å². The number of ether oxygens (including phenoxy) is 1. The Morgan fingerprint density at radius 1 is 1.53 bits per heavy atom. The summed E-state index contributed by atoms with van der Waals surface area (Å²) in [5.41, 5.74) is 0.904. The van der Waals surface area contributed by atoms with E-state index < -0.39 is 0 Å². The number of thiophene rings is 1. The topological polar surface area (TPSA) is 51.2 Å². The van der Waals surface area contributed by atoms with Gasteiger partial charge in [-0.2, -0.15) is 0 Å². The van der Waals surface area contributed by atoms with Crippen molar-refractivity contribution in [2.24, 2.45) is 0 Å². The second-order valence-corrected chi connectivity index (χ2v) is 5.58. The normalized spacial score (nSPS) is 10.5. The van der Waals surface area contributed by atoms with Gasteiger partial charge in [0, 0.05) is 17.4 Å². The van der Waals surface area contributed by atoms with Crippen molar-refractivity contribution in [2.45, 2.75) is 6.92 Å². The SMILES string of the molecule is COCC(=O)Nc1nc(-c2ccc(C)s2)cs1. The first-order valence-electron chi connectivity index (χ1n) is 5.00. The number of methoxy groups -OCH3 is 1. The molecule has 1 amide bonds. The summed E-state index contributed by atoms with van der Waals surface area (Å²) in [5.74, 6) is -0.184. The monoisotopic (exact) mass is 268 g/mol. The third kappa shape index (κ3) is 3.12. The zero-order valence-electron chi connectivity index (χ0n) is 9.52. The van der Waals surface area contributed by atoms with E-state index in [1.165, 1.54) is 23.3 Å². The van der Waals surface area contributed by atoms with E-state index in [-0.39, 0.29) is 12.5 Å². The molecule has 0 unspecified atom stereocenters. The minimum atomic E-state index is -0.184. The molecular weight excluding hydrogens is 256 g/mol. The Hall–Kier alpha value is -1.24. The lowest BCUT2D eigenvalue weighted by Gasteiger charge is -1.98. The number of rotatable bonds is 4. The van der Waals surface area contributed by atoms with E-state index in [1.807, 2.05) is 11.4 Å². The van der Waals surface area contributed by atoms with E-state index >= 15 is 0 Å². The highest BCUT2D eigenvalue weighted by Gasteiger charge is 2.08. The van der Waals surface area contributed by atoms with Gasteiger partial charge in [0.15, 0.2) is 5.13 Å². The zero-order valence-corrected chi connectivity index (χ0v) is 11.2. The first kappa shape index (κ1) is 12.2. The second kappa shape index (κ2) is 5.39. The van der Waals surface area contributed by atoms with Crippen LogP contribution in [0, 0.1) is 6.92 Å². The maximum Gasteiger partial charge on any atom is 0.252 e. The number of carbonyl (C=O) groups excluding carboxylic acids is 1. The fourth-order valence-corrected chi connectivity index (χ4v) is 2.93. The molecule has 2 aromatic heterocycles. The molecule has 90 valence electrons. The molecule has 0 aliphatic rings. The van der Waals surface area contributed by atoms with Gasteiger partial charge in [0.2, 0.25) is 0 Å². The molecule has 0 bridgehead atoms. The second-order valence-electron chi connectivity index (χ2n) is 3.43. The average Bonchev–Trinajstić information content (AvgIpc) is 2.87. The minimum absolute atomic E-state index is 0.0486. The molecule has 6 heteroatoms. The number of aromatic nitrogens is 1. The molecule has 0 aromatic carbocycles. The van der Waals surface area contributed by atoms with Gasteiger partial charge in [-0.15, -0.1) is 22.7 Å². The van der Waals surface area contributed by atoms with Gasteiger partial charge < -0.3 is 4.74 Å². The van der Waals surface area contributed by atoms with Crippen LogP contribution in [0.1, 0.15) is 4.88 Å². The zero-order chi connectivity index (χ0) is 12.3. The molecule has 0 aliphatic carbocycles. The lowest BCUT2D eigenvalue weighted by atomic mass is 10.4. The first-order valence-corrected chi connectivity index (χ1v) is 6.70. The van der Waals surface area contributed by atoms with Crippen LogP contribution in [0.5, 0.6) is 0 Å². The predicted octanol–water partition coefficient (Wildman–Crippen LogP) is 2.76. The molecule has 0 saturated carbocycles. The largest absolute Gasteiger partial charge is 0.375 e. The first-order chi connectivity index (χ1) is 8.19. The van der Waals surface area contributed by atoms with E-state index in [2.05, 4.69) is 23.3 Å². The van der Waals surface area contributed by atoms with Gasteiger partial charge in [-0.25, -0.2) is 4.98 Å². The van der Waals surface area contributed by atoms with E-state index in [1.54, 1.807) is 11.3 Å². The highest BCUT2D eigenvalue weighted by molar-refractivity contribution is 7.17. The number of nitrogens with one attached hydrogen (secondary N) is 1. The van der Waals surface area contributed by atoms with Crippen molar-refractivity contribution in [3.05, 3.63) is 22.4 Å². The molecule has 0 spiro atoms. The van der Waals surface area contributed by atoms with Crippen molar-refractivity contribution in [1.29, 1.82) is 0 Å². The van der Waals surface area contributed by atoms with Gasteiger partial charge in [-0.3, -0.25) is 10.1 Å². The summed E-state index contributed by atoms with van der Waals surface area (Å²) >= 11 is 3.11. The Labute approximate surface area is 107 Å². The van der Waals surface area contributed by atoms with Crippen molar-refractivity contribution < 1.29 is 9.53 Å². The number of hydrogen-bond donors (Lipinski definition) is 1. The summed E-state index contributed by atoms with van der Waals surface area (Å²) in [6, 6.07) is 4.10. The van der Waals surface area contributed by atoms with Gasteiger partial charge in [0.25, 0.3) is 5.91 Å². The third-order valence-electron chi connectivity index (χ3n) is 2.02. The fraction of sp³-hybridized carbons (Fsp3) is 0.273. The van der Waals surface area contributed by atoms with E-state index in [9.17, 15) is 4.79 Å².